The van der Waals surface area contributed by atoms with Crippen molar-refractivity contribution in [3.8, 4) is 0 Å². The molecule has 0 radical (unpaired) electrons. The van der Waals surface area contributed by atoms with Crippen LogP contribution in [0.25, 0.3) is 16.6 Å². The van der Waals surface area contributed by atoms with Gasteiger partial charge in [-0.1, -0.05) is 12.1 Å². The Morgan fingerprint density at radius 3 is 2.91 bits per heavy atom. The summed E-state index contributed by atoms with van der Waals surface area (Å²) in [6.45, 7) is 0. The highest BCUT2D eigenvalue weighted by atomic mass is 15.4. The number of benzene rings is 1. The molecule has 0 atom stereocenters. The van der Waals surface area contributed by atoms with Gasteiger partial charge in [0.1, 0.15) is 0 Å². The van der Waals surface area contributed by atoms with Crippen LogP contribution in [0.4, 0.5) is 0 Å². The number of hydrogen-bond donors (Lipinski definition) is 0. The maximum absolute atomic E-state index is 4.73. The number of pyridine rings is 1. The molecule has 0 N–H and O–H groups in total. The zero-order valence-corrected chi connectivity index (χ0v) is 12.6. The second-order valence-corrected chi connectivity index (χ2v) is 6.13. The first-order chi connectivity index (χ1) is 11.4. The molecule has 1 aromatic carbocycles. The van der Waals surface area contributed by atoms with Crippen molar-refractivity contribution in [2.75, 3.05) is 0 Å². The number of hydrogen-bond acceptors (Lipinski definition) is 4. The van der Waals surface area contributed by atoms with Crippen molar-refractivity contribution in [1.82, 2.24) is 24.8 Å². The Hall–Kier alpha value is -2.82. The first-order valence-corrected chi connectivity index (χ1v) is 7.92. The zero-order chi connectivity index (χ0) is 15.2. The summed E-state index contributed by atoms with van der Waals surface area (Å²) in [6.07, 6.45) is 5.02. The van der Waals surface area contributed by atoms with Gasteiger partial charge in [-0.05, 0) is 48.7 Å². The first kappa shape index (κ1) is 12.7. The van der Waals surface area contributed by atoms with E-state index in [0.29, 0.717) is 12.3 Å². The van der Waals surface area contributed by atoms with Crippen molar-refractivity contribution in [1.29, 1.82) is 0 Å². The average Bonchev–Trinajstić information content (AvgIpc) is 3.37. The van der Waals surface area contributed by atoms with Crippen molar-refractivity contribution < 1.29 is 0 Å². The minimum absolute atomic E-state index is 0.626. The highest BCUT2D eigenvalue weighted by molar-refractivity contribution is 5.78. The van der Waals surface area contributed by atoms with E-state index >= 15 is 0 Å². The van der Waals surface area contributed by atoms with Crippen molar-refractivity contribution in [3.63, 3.8) is 0 Å². The van der Waals surface area contributed by atoms with Crippen LogP contribution in [0.3, 0.4) is 0 Å². The van der Waals surface area contributed by atoms with Gasteiger partial charge in [-0.3, -0.25) is 4.98 Å². The van der Waals surface area contributed by atoms with E-state index in [2.05, 4.69) is 45.5 Å². The molecule has 1 saturated carbocycles. The van der Waals surface area contributed by atoms with E-state index < -0.39 is 0 Å². The smallest absolute Gasteiger partial charge is 0.177 e. The van der Waals surface area contributed by atoms with E-state index in [0.717, 1.165) is 28.1 Å². The highest BCUT2D eigenvalue weighted by Crippen LogP contribution is 2.38. The Morgan fingerprint density at radius 2 is 2.00 bits per heavy atom. The van der Waals surface area contributed by atoms with Crippen LogP contribution < -0.4 is 0 Å². The lowest BCUT2D eigenvalue weighted by Crippen LogP contribution is -2.02. The molecule has 0 saturated heterocycles. The molecule has 0 spiro atoms. The second-order valence-electron chi connectivity index (χ2n) is 6.13. The summed E-state index contributed by atoms with van der Waals surface area (Å²) in [7, 11) is 0. The van der Waals surface area contributed by atoms with Crippen LogP contribution >= 0.6 is 0 Å². The molecule has 4 aromatic rings. The van der Waals surface area contributed by atoms with E-state index in [4.69, 9.17) is 5.10 Å². The molecule has 1 aliphatic carbocycles. The fourth-order valence-corrected chi connectivity index (χ4v) is 2.97. The van der Waals surface area contributed by atoms with E-state index in [9.17, 15) is 0 Å². The quantitative estimate of drug-likeness (QED) is 0.583. The van der Waals surface area contributed by atoms with Crippen molar-refractivity contribution in [3.05, 3.63) is 65.7 Å². The van der Waals surface area contributed by atoms with Crippen LogP contribution in [0, 0.1) is 0 Å². The van der Waals surface area contributed by atoms with Crippen LogP contribution in [0.1, 0.15) is 35.8 Å². The molecule has 5 rings (SSSR count). The average molecular weight is 301 g/mol. The van der Waals surface area contributed by atoms with E-state index in [1.54, 1.807) is 0 Å². The molecule has 5 nitrogen and oxygen atoms in total. The van der Waals surface area contributed by atoms with Gasteiger partial charge < -0.3 is 0 Å². The monoisotopic (exact) mass is 301 g/mol. The van der Waals surface area contributed by atoms with Gasteiger partial charge in [0, 0.05) is 23.9 Å². The van der Waals surface area contributed by atoms with Gasteiger partial charge in [0.25, 0.3) is 0 Å². The van der Waals surface area contributed by atoms with Gasteiger partial charge in [-0.2, -0.15) is 9.61 Å². The topological polar surface area (TPSA) is 56.0 Å². The lowest BCUT2D eigenvalue weighted by Gasteiger charge is -2.03. The standard InChI is InChI=1S/C18H15N5/c1-2-14-10-12(3-6-15(14)19-9-1)11-18-21-20-17-8-7-16(13-4-5-13)22-23(17)18/h1-3,6-10,13H,4-5,11H2. The number of nitrogens with zero attached hydrogens (tertiary/aromatic N) is 5. The third-order valence-corrected chi connectivity index (χ3v) is 4.37. The van der Waals surface area contributed by atoms with E-state index in [1.165, 1.54) is 18.4 Å². The third-order valence-electron chi connectivity index (χ3n) is 4.37. The molecular weight excluding hydrogens is 286 g/mol. The van der Waals surface area contributed by atoms with E-state index in [1.807, 2.05) is 22.8 Å². The highest BCUT2D eigenvalue weighted by Gasteiger charge is 2.25. The minimum Gasteiger partial charge on any atom is -0.256 e. The molecule has 1 fully saturated rings. The summed E-state index contributed by atoms with van der Waals surface area (Å²) in [4.78, 5) is 4.36. The molecule has 3 heterocycles. The molecule has 0 amide bonds. The summed E-state index contributed by atoms with van der Waals surface area (Å²) in [5.41, 5.74) is 4.17. The Morgan fingerprint density at radius 1 is 1.04 bits per heavy atom. The van der Waals surface area contributed by atoms with Crippen molar-refractivity contribution in [2.45, 2.75) is 25.2 Å². The Balaban J connectivity index is 1.55. The maximum atomic E-state index is 4.73. The maximum Gasteiger partial charge on any atom is 0.177 e. The predicted octanol–water partition coefficient (Wildman–Crippen LogP) is 3.14. The second kappa shape index (κ2) is 4.84. The molecular formula is C18H15N5. The molecule has 112 valence electrons. The zero-order valence-electron chi connectivity index (χ0n) is 12.6. The lowest BCUT2D eigenvalue weighted by atomic mass is 10.1. The van der Waals surface area contributed by atoms with Gasteiger partial charge in [0.05, 0.1) is 11.2 Å². The Bertz CT molecular complexity index is 1020. The SMILES string of the molecule is c1cnc2ccc(Cc3nnc4ccc(C5CC5)nn34)cc2c1. The number of fused-ring (bicyclic) bond motifs is 2. The molecule has 3 aromatic heterocycles. The van der Waals surface area contributed by atoms with Gasteiger partial charge in [0.2, 0.25) is 0 Å². The van der Waals surface area contributed by atoms with Gasteiger partial charge in [-0.15, -0.1) is 10.2 Å². The van der Waals surface area contributed by atoms with Crippen LogP contribution in [0.15, 0.2) is 48.7 Å². The molecule has 0 bridgehead atoms. The van der Waals surface area contributed by atoms with Gasteiger partial charge in [-0.25, -0.2) is 0 Å². The Labute approximate surface area is 133 Å². The summed E-state index contributed by atoms with van der Waals surface area (Å²) in [5.74, 6) is 1.51. The van der Waals surface area contributed by atoms with Crippen LogP contribution in [-0.2, 0) is 6.42 Å². The summed E-state index contributed by atoms with van der Waals surface area (Å²) >= 11 is 0. The molecule has 23 heavy (non-hydrogen) atoms. The molecule has 1 aliphatic rings. The third kappa shape index (κ3) is 2.25. The number of rotatable bonds is 3. The molecule has 5 heteroatoms. The Kier molecular flexibility index (Phi) is 2.67. The number of aromatic nitrogens is 5. The van der Waals surface area contributed by atoms with Crippen LogP contribution in [0.5, 0.6) is 0 Å². The predicted molar refractivity (Wildman–Crippen MR) is 87.3 cm³/mol. The lowest BCUT2D eigenvalue weighted by molar-refractivity contribution is 0.798. The summed E-state index contributed by atoms with van der Waals surface area (Å²) in [6, 6.07) is 14.4. The largest absolute Gasteiger partial charge is 0.256 e. The fourth-order valence-electron chi connectivity index (χ4n) is 2.97. The van der Waals surface area contributed by atoms with Crippen LogP contribution in [0.2, 0.25) is 0 Å². The van der Waals surface area contributed by atoms with E-state index in [-0.39, 0.29) is 0 Å². The first-order valence-electron chi connectivity index (χ1n) is 7.92. The fraction of sp³-hybridized carbons (Fsp3) is 0.222. The van der Waals surface area contributed by atoms with Crippen molar-refractivity contribution in [2.24, 2.45) is 0 Å². The summed E-state index contributed by atoms with van der Waals surface area (Å²) < 4.78 is 1.89. The minimum atomic E-state index is 0.626. The summed E-state index contributed by atoms with van der Waals surface area (Å²) in [5, 5.41) is 14.4. The molecule has 0 aliphatic heterocycles. The normalized spacial score (nSPS) is 14.6. The van der Waals surface area contributed by atoms with Crippen LogP contribution in [-0.4, -0.2) is 24.8 Å². The van der Waals surface area contributed by atoms with Gasteiger partial charge in [0.15, 0.2) is 11.5 Å². The van der Waals surface area contributed by atoms with Crippen molar-refractivity contribution >= 4 is 16.6 Å². The van der Waals surface area contributed by atoms with Gasteiger partial charge >= 0.3 is 0 Å². The molecule has 0 unspecified atom stereocenters.